The Bertz CT molecular complexity index is 311. The van der Waals surface area contributed by atoms with E-state index in [-0.39, 0.29) is 17.9 Å². The Hall–Kier alpha value is -1.01. The summed E-state index contributed by atoms with van der Waals surface area (Å²) < 4.78 is 3.61. The molecule has 0 saturated heterocycles. The maximum Gasteiger partial charge on any atom is 0.272 e. The molecule has 0 spiro atoms. The Kier molecular flexibility index (Phi) is 4.16. The van der Waals surface area contributed by atoms with Crippen LogP contribution in [0.3, 0.4) is 0 Å². The van der Waals surface area contributed by atoms with Gasteiger partial charge in [-0.2, -0.15) is 0 Å². The van der Waals surface area contributed by atoms with Gasteiger partial charge in [0.2, 0.25) is 0 Å². The largest absolute Gasteiger partial charge is 0.396 e. The minimum absolute atomic E-state index is 0.103. The maximum absolute atomic E-state index is 11.5. The van der Waals surface area contributed by atoms with Crippen molar-refractivity contribution in [3.05, 3.63) is 11.1 Å². The molecule has 0 aliphatic carbocycles. The summed E-state index contributed by atoms with van der Waals surface area (Å²) in [5.74, 6) is -0.213. The first-order valence-electron chi connectivity index (χ1n) is 4.71. The predicted molar refractivity (Wildman–Crippen MR) is 57.7 cm³/mol. The number of aromatic nitrogens is 2. The molecule has 15 heavy (non-hydrogen) atoms. The van der Waals surface area contributed by atoms with Crippen molar-refractivity contribution in [3.8, 4) is 0 Å². The third kappa shape index (κ3) is 3.93. The van der Waals surface area contributed by atoms with Gasteiger partial charge in [0, 0.05) is 18.5 Å². The molecule has 0 saturated carbocycles. The van der Waals surface area contributed by atoms with Crippen LogP contribution in [-0.2, 0) is 0 Å². The minimum Gasteiger partial charge on any atom is -0.396 e. The number of carbonyl (C=O) groups excluding carboxylic acids is 1. The molecule has 0 fully saturated rings. The van der Waals surface area contributed by atoms with E-state index in [1.54, 1.807) is 5.38 Å². The second-order valence-corrected chi connectivity index (χ2v) is 4.72. The molecule has 5 nitrogen and oxygen atoms in total. The molecule has 6 heteroatoms. The lowest BCUT2D eigenvalue weighted by Crippen LogP contribution is -2.34. The molecule has 0 radical (unpaired) electrons. The van der Waals surface area contributed by atoms with E-state index in [2.05, 4.69) is 14.9 Å². The van der Waals surface area contributed by atoms with Gasteiger partial charge in [-0.1, -0.05) is 18.3 Å². The molecule has 1 aromatic rings. The molecule has 2 N–H and O–H groups in total. The van der Waals surface area contributed by atoms with Gasteiger partial charge in [0.25, 0.3) is 5.91 Å². The van der Waals surface area contributed by atoms with Crippen LogP contribution in [0.15, 0.2) is 5.38 Å². The smallest absolute Gasteiger partial charge is 0.272 e. The number of nitrogens with zero attached hydrogens (tertiary/aromatic N) is 2. The molecule has 0 aliphatic heterocycles. The average Bonchev–Trinajstić information content (AvgIpc) is 2.67. The van der Waals surface area contributed by atoms with Crippen molar-refractivity contribution < 1.29 is 9.90 Å². The molecule has 0 aromatic carbocycles. The number of hydrogen-bond donors (Lipinski definition) is 2. The summed E-state index contributed by atoms with van der Waals surface area (Å²) >= 11 is 1.15. The van der Waals surface area contributed by atoms with E-state index >= 15 is 0 Å². The molecule has 1 rings (SSSR count). The first-order chi connectivity index (χ1) is 7.05. The van der Waals surface area contributed by atoms with Gasteiger partial charge in [-0.15, -0.1) is 5.10 Å². The second kappa shape index (κ2) is 5.18. The van der Waals surface area contributed by atoms with Crippen LogP contribution in [0.2, 0.25) is 0 Å². The van der Waals surface area contributed by atoms with Gasteiger partial charge < -0.3 is 10.4 Å². The summed E-state index contributed by atoms with van der Waals surface area (Å²) in [6.45, 7) is 4.62. The van der Waals surface area contributed by atoms with Crippen LogP contribution in [0.5, 0.6) is 0 Å². The zero-order valence-corrected chi connectivity index (χ0v) is 9.67. The number of nitrogens with one attached hydrogen (secondary N) is 1. The van der Waals surface area contributed by atoms with Crippen LogP contribution in [0.25, 0.3) is 0 Å². The van der Waals surface area contributed by atoms with E-state index < -0.39 is 0 Å². The fourth-order valence-electron chi connectivity index (χ4n) is 1.06. The van der Waals surface area contributed by atoms with Gasteiger partial charge in [-0.3, -0.25) is 4.79 Å². The lowest BCUT2D eigenvalue weighted by atomic mass is 9.90. The summed E-state index contributed by atoms with van der Waals surface area (Å²) in [7, 11) is 0. The van der Waals surface area contributed by atoms with E-state index in [1.807, 2.05) is 13.8 Å². The molecule has 1 aromatic heterocycles. The normalized spacial score (nSPS) is 11.4. The van der Waals surface area contributed by atoms with Crippen molar-refractivity contribution in [2.24, 2.45) is 5.41 Å². The molecule has 84 valence electrons. The predicted octanol–water partition coefficient (Wildman–Crippen LogP) is 0.676. The van der Waals surface area contributed by atoms with Gasteiger partial charge in [-0.05, 0) is 23.4 Å². The lowest BCUT2D eigenvalue weighted by Gasteiger charge is -2.23. The summed E-state index contributed by atoms with van der Waals surface area (Å²) in [6, 6.07) is 0. The van der Waals surface area contributed by atoms with E-state index in [0.717, 1.165) is 11.5 Å². The van der Waals surface area contributed by atoms with Crippen LogP contribution < -0.4 is 5.32 Å². The number of rotatable bonds is 5. The SMILES string of the molecule is CC(C)(CCO)CNC(=O)c1csnn1. The first-order valence-corrected chi connectivity index (χ1v) is 5.55. The minimum atomic E-state index is -0.213. The number of aliphatic hydroxyl groups is 1. The molecule has 1 amide bonds. The van der Waals surface area contributed by atoms with Gasteiger partial charge >= 0.3 is 0 Å². The summed E-state index contributed by atoms with van der Waals surface area (Å²) in [6.07, 6.45) is 0.655. The van der Waals surface area contributed by atoms with Crippen molar-refractivity contribution in [1.82, 2.24) is 14.9 Å². The maximum atomic E-state index is 11.5. The number of hydrogen-bond acceptors (Lipinski definition) is 5. The quantitative estimate of drug-likeness (QED) is 0.778. The number of carbonyl (C=O) groups is 1. The van der Waals surface area contributed by atoms with Gasteiger partial charge in [0.15, 0.2) is 5.69 Å². The zero-order valence-electron chi connectivity index (χ0n) is 8.86. The monoisotopic (exact) mass is 229 g/mol. The van der Waals surface area contributed by atoms with Crippen molar-refractivity contribution in [3.63, 3.8) is 0 Å². The van der Waals surface area contributed by atoms with Crippen molar-refractivity contribution in [1.29, 1.82) is 0 Å². The van der Waals surface area contributed by atoms with Crippen molar-refractivity contribution >= 4 is 17.4 Å². The highest BCUT2D eigenvalue weighted by atomic mass is 32.1. The van der Waals surface area contributed by atoms with Crippen LogP contribution in [0, 0.1) is 5.41 Å². The highest BCUT2D eigenvalue weighted by molar-refractivity contribution is 7.03. The Morgan fingerprint density at radius 1 is 1.67 bits per heavy atom. The Morgan fingerprint density at radius 2 is 2.40 bits per heavy atom. The number of aliphatic hydroxyl groups excluding tert-OH is 1. The van der Waals surface area contributed by atoms with Gasteiger partial charge in [0.05, 0.1) is 0 Å². The van der Waals surface area contributed by atoms with Crippen LogP contribution in [-0.4, -0.2) is 33.8 Å². The highest BCUT2D eigenvalue weighted by Crippen LogP contribution is 2.18. The topological polar surface area (TPSA) is 75.1 Å². The molecule has 0 atom stereocenters. The van der Waals surface area contributed by atoms with Gasteiger partial charge in [0.1, 0.15) is 0 Å². The average molecular weight is 229 g/mol. The van der Waals surface area contributed by atoms with Crippen LogP contribution in [0.4, 0.5) is 0 Å². The third-order valence-corrected chi connectivity index (χ3v) is 2.61. The molecule has 0 aliphatic rings. The van der Waals surface area contributed by atoms with Crippen LogP contribution in [0.1, 0.15) is 30.8 Å². The van der Waals surface area contributed by atoms with Crippen molar-refractivity contribution in [2.75, 3.05) is 13.2 Å². The fraction of sp³-hybridized carbons (Fsp3) is 0.667. The Morgan fingerprint density at radius 3 is 2.93 bits per heavy atom. The van der Waals surface area contributed by atoms with Crippen molar-refractivity contribution in [2.45, 2.75) is 20.3 Å². The first kappa shape index (κ1) is 12.1. The molecule has 0 bridgehead atoms. The van der Waals surface area contributed by atoms with E-state index in [1.165, 1.54) is 0 Å². The third-order valence-electron chi connectivity index (χ3n) is 2.11. The highest BCUT2D eigenvalue weighted by Gasteiger charge is 2.19. The summed E-state index contributed by atoms with van der Waals surface area (Å²) in [5, 5.41) is 16.9. The molecular weight excluding hydrogens is 214 g/mol. The fourth-order valence-corrected chi connectivity index (χ4v) is 1.50. The molecular formula is C9H15N3O2S. The van der Waals surface area contributed by atoms with Gasteiger partial charge in [-0.25, -0.2) is 0 Å². The van der Waals surface area contributed by atoms with Crippen LogP contribution >= 0.6 is 11.5 Å². The zero-order chi connectivity index (χ0) is 11.3. The Labute approximate surface area is 92.7 Å². The van der Waals surface area contributed by atoms with E-state index in [9.17, 15) is 4.79 Å². The molecule has 0 unspecified atom stereocenters. The molecule has 1 heterocycles. The Balaban J connectivity index is 2.40. The van der Waals surface area contributed by atoms with E-state index in [0.29, 0.717) is 18.7 Å². The second-order valence-electron chi connectivity index (χ2n) is 4.11. The summed E-state index contributed by atoms with van der Waals surface area (Å²) in [5.41, 5.74) is 0.244. The standard InChI is InChI=1S/C9H15N3O2S/c1-9(2,3-4-13)6-10-8(14)7-5-15-12-11-7/h5,13H,3-4,6H2,1-2H3,(H,10,14). The lowest BCUT2D eigenvalue weighted by molar-refractivity contribution is 0.0923. The number of amides is 1. The van der Waals surface area contributed by atoms with E-state index in [4.69, 9.17) is 5.11 Å². The summed E-state index contributed by atoms with van der Waals surface area (Å²) in [4.78, 5) is 11.5.